The van der Waals surface area contributed by atoms with Crippen LogP contribution in [-0.2, 0) is 6.42 Å². The van der Waals surface area contributed by atoms with Gasteiger partial charge in [0.25, 0.3) is 0 Å². The highest BCUT2D eigenvalue weighted by Crippen LogP contribution is 2.33. The van der Waals surface area contributed by atoms with E-state index in [1.807, 2.05) is 0 Å². The summed E-state index contributed by atoms with van der Waals surface area (Å²) in [5, 5.41) is 0. The largest absolute Gasteiger partial charge is 0.490 e. The van der Waals surface area contributed by atoms with E-state index >= 15 is 0 Å². The van der Waals surface area contributed by atoms with Crippen molar-refractivity contribution >= 4 is 15.9 Å². The number of rotatable bonds is 5. The van der Waals surface area contributed by atoms with Crippen molar-refractivity contribution in [3.05, 3.63) is 28.2 Å². The predicted octanol–water partition coefficient (Wildman–Crippen LogP) is 4.93. The van der Waals surface area contributed by atoms with Gasteiger partial charge in [-0.2, -0.15) is 0 Å². The molecular formula is C18H28BrNO. The van der Waals surface area contributed by atoms with Crippen LogP contribution in [0.4, 0.5) is 0 Å². The summed E-state index contributed by atoms with van der Waals surface area (Å²) >= 11 is 3.62. The summed E-state index contributed by atoms with van der Waals surface area (Å²) in [4.78, 5) is 0. The SMILES string of the molecule is CCC(N)Cc1cc(OC2CCC(C)C(C)C2)ccc1Br. The maximum Gasteiger partial charge on any atom is 0.120 e. The van der Waals surface area contributed by atoms with Crippen molar-refractivity contribution in [2.45, 2.75) is 65.0 Å². The molecule has 1 aliphatic carbocycles. The van der Waals surface area contributed by atoms with Crippen molar-refractivity contribution in [3.8, 4) is 5.75 Å². The zero-order chi connectivity index (χ0) is 15.4. The summed E-state index contributed by atoms with van der Waals surface area (Å²) in [7, 11) is 0. The van der Waals surface area contributed by atoms with Crippen LogP contribution in [-0.4, -0.2) is 12.1 Å². The molecule has 2 nitrogen and oxygen atoms in total. The first-order chi connectivity index (χ1) is 9.99. The molecule has 1 aliphatic rings. The first-order valence-electron chi connectivity index (χ1n) is 8.20. The molecule has 2 N–H and O–H groups in total. The Morgan fingerprint density at radius 1 is 1.29 bits per heavy atom. The molecule has 0 aliphatic heterocycles. The monoisotopic (exact) mass is 353 g/mol. The molecule has 2 rings (SSSR count). The third kappa shape index (κ3) is 4.72. The zero-order valence-electron chi connectivity index (χ0n) is 13.4. The van der Waals surface area contributed by atoms with Gasteiger partial charge in [-0.05, 0) is 67.7 Å². The Morgan fingerprint density at radius 2 is 2.05 bits per heavy atom. The summed E-state index contributed by atoms with van der Waals surface area (Å²) in [5.41, 5.74) is 7.33. The quantitative estimate of drug-likeness (QED) is 0.813. The van der Waals surface area contributed by atoms with E-state index in [0.29, 0.717) is 6.10 Å². The van der Waals surface area contributed by atoms with Gasteiger partial charge in [0.15, 0.2) is 0 Å². The first kappa shape index (κ1) is 16.8. The number of hydrogen-bond donors (Lipinski definition) is 1. The van der Waals surface area contributed by atoms with Crippen molar-refractivity contribution < 1.29 is 4.74 Å². The Morgan fingerprint density at radius 3 is 2.71 bits per heavy atom. The average molecular weight is 354 g/mol. The molecule has 0 spiro atoms. The maximum atomic E-state index is 6.22. The van der Waals surface area contributed by atoms with E-state index in [2.05, 4.69) is 54.9 Å². The van der Waals surface area contributed by atoms with Crippen LogP contribution in [0.2, 0.25) is 0 Å². The zero-order valence-corrected chi connectivity index (χ0v) is 15.0. The summed E-state index contributed by atoms with van der Waals surface area (Å²) in [6, 6.07) is 6.52. The van der Waals surface area contributed by atoms with Gasteiger partial charge in [-0.25, -0.2) is 0 Å². The minimum absolute atomic E-state index is 0.215. The Hall–Kier alpha value is -0.540. The highest BCUT2D eigenvalue weighted by Gasteiger charge is 2.25. The van der Waals surface area contributed by atoms with Gasteiger partial charge in [0.2, 0.25) is 0 Å². The molecule has 1 fully saturated rings. The van der Waals surface area contributed by atoms with Crippen LogP contribution < -0.4 is 10.5 Å². The molecular weight excluding hydrogens is 326 g/mol. The van der Waals surface area contributed by atoms with Crippen LogP contribution in [0.25, 0.3) is 0 Å². The molecule has 0 bridgehead atoms. The van der Waals surface area contributed by atoms with Crippen LogP contribution in [0.5, 0.6) is 5.75 Å². The van der Waals surface area contributed by atoms with E-state index in [0.717, 1.165) is 34.9 Å². The molecule has 4 unspecified atom stereocenters. The molecule has 1 saturated carbocycles. The second-order valence-electron chi connectivity index (χ2n) is 6.63. The van der Waals surface area contributed by atoms with Gasteiger partial charge in [0, 0.05) is 10.5 Å². The Balaban J connectivity index is 2.02. The lowest BCUT2D eigenvalue weighted by atomic mass is 9.80. The van der Waals surface area contributed by atoms with Crippen molar-refractivity contribution in [1.29, 1.82) is 0 Å². The van der Waals surface area contributed by atoms with E-state index in [1.54, 1.807) is 0 Å². The number of ether oxygens (including phenoxy) is 1. The lowest BCUT2D eigenvalue weighted by Crippen LogP contribution is -2.28. The van der Waals surface area contributed by atoms with Crippen molar-refractivity contribution in [3.63, 3.8) is 0 Å². The number of halogens is 1. The first-order valence-corrected chi connectivity index (χ1v) is 8.99. The molecule has 0 amide bonds. The van der Waals surface area contributed by atoms with Crippen molar-refractivity contribution in [2.75, 3.05) is 0 Å². The van der Waals surface area contributed by atoms with Gasteiger partial charge in [-0.15, -0.1) is 0 Å². The Bertz CT molecular complexity index is 463. The molecule has 0 heterocycles. The van der Waals surface area contributed by atoms with Crippen molar-refractivity contribution in [2.24, 2.45) is 17.6 Å². The van der Waals surface area contributed by atoms with E-state index < -0.39 is 0 Å². The van der Waals surface area contributed by atoms with Gasteiger partial charge in [0.1, 0.15) is 5.75 Å². The van der Waals surface area contributed by atoms with Gasteiger partial charge >= 0.3 is 0 Å². The fraction of sp³-hybridized carbons (Fsp3) is 0.667. The van der Waals surface area contributed by atoms with Crippen LogP contribution in [0.15, 0.2) is 22.7 Å². The van der Waals surface area contributed by atoms with E-state index in [1.165, 1.54) is 24.8 Å². The second-order valence-corrected chi connectivity index (χ2v) is 7.49. The highest BCUT2D eigenvalue weighted by molar-refractivity contribution is 9.10. The molecule has 1 aromatic carbocycles. The van der Waals surface area contributed by atoms with Crippen molar-refractivity contribution in [1.82, 2.24) is 0 Å². The molecule has 0 radical (unpaired) electrons. The minimum atomic E-state index is 0.215. The van der Waals surface area contributed by atoms with Gasteiger partial charge in [-0.3, -0.25) is 0 Å². The second kappa shape index (κ2) is 7.64. The highest BCUT2D eigenvalue weighted by atomic mass is 79.9. The van der Waals surface area contributed by atoms with Crippen LogP contribution >= 0.6 is 15.9 Å². The minimum Gasteiger partial charge on any atom is -0.490 e. The maximum absolute atomic E-state index is 6.22. The summed E-state index contributed by atoms with van der Waals surface area (Å²) in [5.74, 6) is 2.57. The number of hydrogen-bond acceptors (Lipinski definition) is 2. The third-order valence-corrected chi connectivity index (χ3v) is 5.65. The number of nitrogens with two attached hydrogens (primary N) is 1. The normalized spacial score (nSPS) is 27.4. The smallest absolute Gasteiger partial charge is 0.120 e. The van der Waals surface area contributed by atoms with E-state index in [9.17, 15) is 0 Å². The van der Waals surface area contributed by atoms with E-state index in [4.69, 9.17) is 10.5 Å². The van der Waals surface area contributed by atoms with Crippen LogP contribution in [0.1, 0.15) is 52.0 Å². The molecule has 3 heteroatoms. The third-order valence-electron chi connectivity index (χ3n) is 4.88. The molecule has 118 valence electrons. The van der Waals surface area contributed by atoms with Gasteiger partial charge in [-0.1, -0.05) is 36.7 Å². The lowest BCUT2D eigenvalue weighted by Gasteiger charge is -2.32. The lowest BCUT2D eigenvalue weighted by molar-refractivity contribution is 0.101. The molecule has 1 aromatic rings. The predicted molar refractivity (Wildman–Crippen MR) is 92.7 cm³/mol. The fourth-order valence-electron chi connectivity index (χ4n) is 3.01. The van der Waals surface area contributed by atoms with Crippen LogP contribution in [0, 0.1) is 11.8 Å². The van der Waals surface area contributed by atoms with Crippen LogP contribution in [0.3, 0.4) is 0 Å². The standard InChI is InChI=1S/C18H28BrNO/c1-4-15(20)10-14-11-17(7-8-18(14)19)21-16-6-5-12(2)13(3)9-16/h7-8,11-13,15-16H,4-6,9-10,20H2,1-3H3. The Labute approximate surface area is 137 Å². The van der Waals surface area contributed by atoms with E-state index in [-0.39, 0.29) is 6.04 Å². The summed E-state index contributed by atoms with van der Waals surface area (Å²) < 4.78 is 7.35. The molecule has 21 heavy (non-hydrogen) atoms. The Kier molecular flexibility index (Phi) is 6.12. The molecule has 0 aromatic heterocycles. The topological polar surface area (TPSA) is 35.2 Å². The molecule has 4 atom stereocenters. The van der Waals surface area contributed by atoms with Gasteiger partial charge in [0.05, 0.1) is 6.10 Å². The van der Waals surface area contributed by atoms with Gasteiger partial charge < -0.3 is 10.5 Å². The summed E-state index contributed by atoms with van der Waals surface area (Å²) in [6.45, 7) is 6.82. The average Bonchev–Trinajstić information content (AvgIpc) is 2.46. The summed E-state index contributed by atoms with van der Waals surface area (Å²) in [6.07, 6.45) is 5.87. The number of benzene rings is 1. The molecule has 0 saturated heterocycles. The fourth-order valence-corrected chi connectivity index (χ4v) is 3.41.